The SMILES string of the molecule is C[NH+](C)CCC(O)(CCc1ccccc1)c1ccccc1. The van der Waals surface area contributed by atoms with Crippen molar-refractivity contribution in [2.24, 2.45) is 0 Å². The molecule has 0 saturated heterocycles. The second-order valence-electron chi connectivity index (χ2n) is 6.09. The van der Waals surface area contributed by atoms with Crippen molar-refractivity contribution in [1.82, 2.24) is 0 Å². The first-order valence-electron chi connectivity index (χ1n) is 7.71. The van der Waals surface area contributed by atoms with Crippen LogP contribution in [0.25, 0.3) is 0 Å². The first kappa shape index (κ1) is 15.7. The molecule has 2 heteroatoms. The van der Waals surface area contributed by atoms with Gasteiger partial charge in [0.25, 0.3) is 0 Å². The van der Waals surface area contributed by atoms with E-state index >= 15 is 0 Å². The van der Waals surface area contributed by atoms with Crippen molar-refractivity contribution in [3.8, 4) is 0 Å². The van der Waals surface area contributed by atoms with E-state index in [-0.39, 0.29) is 0 Å². The Bertz CT molecular complexity index is 524. The lowest BCUT2D eigenvalue weighted by molar-refractivity contribution is -0.859. The summed E-state index contributed by atoms with van der Waals surface area (Å²) < 4.78 is 0. The molecule has 21 heavy (non-hydrogen) atoms. The predicted molar refractivity (Wildman–Crippen MR) is 87.4 cm³/mol. The van der Waals surface area contributed by atoms with Gasteiger partial charge in [-0.05, 0) is 24.0 Å². The van der Waals surface area contributed by atoms with Gasteiger partial charge in [0.1, 0.15) is 0 Å². The molecular formula is C19H26NO+. The maximum absolute atomic E-state index is 11.2. The maximum atomic E-state index is 11.2. The highest BCUT2D eigenvalue weighted by Crippen LogP contribution is 2.29. The minimum atomic E-state index is -0.742. The van der Waals surface area contributed by atoms with Crippen molar-refractivity contribution in [2.75, 3.05) is 20.6 Å². The van der Waals surface area contributed by atoms with Crippen molar-refractivity contribution in [3.05, 3.63) is 71.8 Å². The summed E-state index contributed by atoms with van der Waals surface area (Å²) in [6, 6.07) is 20.5. The highest BCUT2D eigenvalue weighted by Gasteiger charge is 2.29. The topological polar surface area (TPSA) is 24.7 Å². The van der Waals surface area contributed by atoms with Gasteiger partial charge in [-0.15, -0.1) is 0 Å². The number of aliphatic hydroxyl groups is 1. The van der Waals surface area contributed by atoms with Gasteiger partial charge in [-0.3, -0.25) is 0 Å². The third-order valence-electron chi connectivity index (χ3n) is 4.02. The summed E-state index contributed by atoms with van der Waals surface area (Å²) in [5.41, 5.74) is 1.57. The van der Waals surface area contributed by atoms with E-state index in [0.29, 0.717) is 0 Å². The van der Waals surface area contributed by atoms with Crippen LogP contribution in [0.3, 0.4) is 0 Å². The van der Waals surface area contributed by atoms with Gasteiger partial charge >= 0.3 is 0 Å². The van der Waals surface area contributed by atoms with Gasteiger partial charge in [0, 0.05) is 6.42 Å². The molecule has 1 unspecified atom stereocenters. The molecule has 0 aliphatic carbocycles. The lowest BCUT2D eigenvalue weighted by Crippen LogP contribution is -3.05. The molecular weight excluding hydrogens is 258 g/mol. The lowest BCUT2D eigenvalue weighted by Gasteiger charge is -2.29. The van der Waals surface area contributed by atoms with Crippen molar-refractivity contribution in [3.63, 3.8) is 0 Å². The standard InChI is InChI=1S/C19H25NO/c1-20(2)16-15-19(21,18-11-7-4-8-12-18)14-13-17-9-5-3-6-10-17/h3-12,21H,13-16H2,1-2H3/p+1. The number of rotatable bonds is 7. The van der Waals surface area contributed by atoms with Crippen molar-refractivity contribution in [1.29, 1.82) is 0 Å². The van der Waals surface area contributed by atoms with Gasteiger partial charge in [-0.25, -0.2) is 0 Å². The monoisotopic (exact) mass is 284 g/mol. The first-order valence-corrected chi connectivity index (χ1v) is 7.71. The quantitative estimate of drug-likeness (QED) is 0.799. The molecule has 0 heterocycles. The zero-order valence-corrected chi connectivity index (χ0v) is 13.0. The highest BCUT2D eigenvalue weighted by molar-refractivity contribution is 5.23. The molecule has 0 aromatic heterocycles. The highest BCUT2D eigenvalue weighted by atomic mass is 16.3. The number of nitrogens with one attached hydrogen (secondary N) is 1. The Hall–Kier alpha value is -1.64. The summed E-state index contributed by atoms with van der Waals surface area (Å²) in [6.45, 7) is 0.959. The molecule has 0 bridgehead atoms. The van der Waals surface area contributed by atoms with Crippen LogP contribution in [0.15, 0.2) is 60.7 Å². The van der Waals surface area contributed by atoms with E-state index in [4.69, 9.17) is 0 Å². The maximum Gasteiger partial charge on any atom is 0.0953 e. The summed E-state index contributed by atoms with van der Waals surface area (Å²) in [5.74, 6) is 0. The minimum absolute atomic E-state index is 0.742. The van der Waals surface area contributed by atoms with Gasteiger partial charge in [-0.2, -0.15) is 0 Å². The summed E-state index contributed by atoms with van der Waals surface area (Å²) >= 11 is 0. The largest absolute Gasteiger partial charge is 0.385 e. The molecule has 112 valence electrons. The summed E-state index contributed by atoms with van der Waals surface area (Å²) in [6.07, 6.45) is 2.44. The molecule has 0 radical (unpaired) electrons. The van der Waals surface area contributed by atoms with E-state index in [1.54, 1.807) is 0 Å². The van der Waals surface area contributed by atoms with Crippen LogP contribution in [0.1, 0.15) is 24.0 Å². The van der Waals surface area contributed by atoms with E-state index in [0.717, 1.165) is 31.4 Å². The molecule has 0 fully saturated rings. The Kier molecular flexibility index (Phi) is 5.54. The van der Waals surface area contributed by atoms with E-state index in [1.165, 1.54) is 10.5 Å². The molecule has 0 aliphatic heterocycles. The molecule has 0 spiro atoms. The fourth-order valence-corrected chi connectivity index (χ4v) is 2.61. The zero-order chi connectivity index (χ0) is 15.1. The Morgan fingerprint density at radius 3 is 2.00 bits per heavy atom. The van der Waals surface area contributed by atoms with Crippen LogP contribution in [0.4, 0.5) is 0 Å². The van der Waals surface area contributed by atoms with Crippen molar-refractivity contribution < 1.29 is 10.0 Å². The molecule has 2 rings (SSSR count). The summed E-state index contributed by atoms with van der Waals surface area (Å²) in [4.78, 5) is 1.36. The van der Waals surface area contributed by atoms with Gasteiger partial charge in [0.05, 0.1) is 26.2 Å². The normalized spacial score (nSPS) is 14.1. The molecule has 0 saturated carbocycles. The van der Waals surface area contributed by atoms with Crippen molar-refractivity contribution in [2.45, 2.75) is 24.9 Å². The van der Waals surface area contributed by atoms with Crippen LogP contribution in [0.2, 0.25) is 0 Å². The third-order valence-corrected chi connectivity index (χ3v) is 4.02. The molecule has 0 aliphatic rings. The van der Waals surface area contributed by atoms with E-state index < -0.39 is 5.60 Å². The molecule has 0 amide bonds. The smallest absolute Gasteiger partial charge is 0.0953 e. The molecule has 2 nitrogen and oxygen atoms in total. The Morgan fingerprint density at radius 1 is 0.857 bits per heavy atom. The van der Waals surface area contributed by atoms with Crippen LogP contribution in [-0.4, -0.2) is 25.7 Å². The van der Waals surface area contributed by atoms with Gasteiger partial charge < -0.3 is 10.0 Å². The zero-order valence-electron chi connectivity index (χ0n) is 13.0. The fourth-order valence-electron chi connectivity index (χ4n) is 2.61. The first-order chi connectivity index (χ1) is 10.1. The van der Waals surface area contributed by atoms with Gasteiger partial charge in [0.15, 0.2) is 0 Å². The fraction of sp³-hybridized carbons (Fsp3) is 0.368. The Balaban J connectivity index is 2.12. The number of hydrogen-bond acceptors (Lipinski definition) is 1. The molecule has 2 aromatic rings. The van der Waals surface area contributed by atoms with Crippen LogP contribution in [-0.2, 0) is 12.0 Å². The van der Waals surface area contributed by atoms with Gasteiger partial charge in [-0.1, -0.05) is 60.7 Å². The lowest BCUT2D eigenvalue weighted by atomic mass is 9.85. The molecule has 1 atom stereocenters. The van der Waals surface area contributed by atoms with Crippen LogP contribution >= 0.6 is 0 Å². The number of benzene rings is 2. The second kappa shape index (κ2) is 7.39. The number of hydrogen-bond donors (Lipinski definition) is 2. The Morgan fingerprint density at radius 2 is 1.43 bits per heavy atom. The van der Waals surface area contributed by atoms with Gasteiger partial charge in [0.2, 0.25) is 0 Å². The van der Waals surface area contributed by atoms with E-state index in [9.17, 15) is 5.11 Å². The third kappa shape index (κ3) is 4.69. The average molecular weight is 284 g/mol. The number of quaternary nitrogens is 1. The minimum Gasteiger partial charge on any atom is -0.385 e. The summed E-state index contributed by atoms with van der Waals surface area (Å²) in [7, 11) is 4.26. The average Bonchev–Trinajstić information content (AvgIpc) is 2.53. The summed E-state index contributed by atoms with van der Waals surface area (Å²) in [5, 5.41) is 11.2. The Labute approximate surface area is 128 Å². The number of aryl methyl sites for hydroxylation is 1. The predicted octanol–water partition coefficient (Wildman–Crippen LogP) is 2.04. The second-order valence-corrected chi connectivity index (χ2v) is 6.09. The van der Waals surface area contributed by atoms with Crippen LogP contribution in [0.5, 0.6) is 0 Å². The van der Waals surface area contributed by atoms with E-state index in [1.807, 2.05) is 36.4 Å². The molecule has 2 aromatic carbocycles. The van der Waals surface area contributed by atoms with Crippen LogP contribution < -0.4 is 4.90 Å². The van der Waals surface area contributed by atoms with Crippen molar-refractivity contribution >= 4 is 0 Å². The van der Waals surface area contributed by atoms with Crippen LogP contribution in [0, 0.1) is 0 Å². The molecule has 2 N–H and O–H groups in total. The van der Waals surface area contributed by atoms with E-state index in [2.05, 4.69) is 38.4 Å².